The Bertz CT molecular complexity index is 601. The van der Waals surface area contributed by atoms with Gasteiger partial charge in [-0.2, -0.15) is 5.26 Å². The first-order valence-corrected chi connectivity index (χ1v) is 6.04. The highest BCUT2D eigenvalue weighted by atomic mass is 35.5. The monoisotopic (exact) mass is 264 g/mol. The molecule has 2 aromatic rings. The van der Waals surface area contributed by atoms with Crippen molar-refractivity contribution in [2.24, 2.45) is 0 Å². The largest absolute Gasteiger partial charge is 0.496 e. The summed E-state index contributed by atoms with van der Waals surface area (Å²) in [5.41, 5.74) is 7.75. The number of halogens is 1. The summed E-state index contributed by atoms with van der Waals surface area (Å²) in [7, 11) is 1.58. The molecular weight excluding hydrogens is 256 g/mol. The number of benzene rings is 1. The molecule has 86 valence electrons. The lowest BCUT2D eigenvalue weighted by Gasteiger charge is -2.07. The van der Waals surface area contributed by atoms with Gasteiger partial charge in [-0.05, 0) is 18.2 Å². The maximum atomic E-state index is 9.09. The molecule has 0 fully saturated rings. The van der Waals surface area contributed by atoms with Crippen LogP contribution < -0.4 is 10.5 Å². The Morgan fingerprint density at radius 1 is 1.41 bits per heavy atom. The van der Waals surface area contributed by atoms with Gasteiger partial charge in [-0.25, -0.2) is 0 Å². The SMILES string of the molecule is COc1ccc(Cl)cc1-c1csc(N)c1C#N. The third kappa shape index (κ3) is 2.07. The second-order valence-electron chi connectivity index (χ2n) is 3.35. The summed E-state index contributed by atoms with van der Waals surface area (Å²) in [6.07, 6.45) is 0. The van der Waals surface area contributed by atoms with E-state index in [4.69, 9.17) is 27.3 Å². The molecule has 0 saturated carbocycles. The van der Waals surface area contributed by atoms with Crippen molar-refractivity contribution in [1.82, 2.24) is 0 Å². The molecule has 0 saturated heterocycles. The molecule has 2 N–H and O–H groups in total. The van der Waals surface area contributed by atoms with Crippen molar-refractivity contribution in [3.05, 3.63) is 34.2 Å². The molecular formula is C12H9ClN2OS. The summed E-state index contributed by atoms with van der Waals surface area (Å²) >= 11 is 7.29. The third-order valence-electron chi connectivity index (χ3n) is 2.38. The maximum absolute atomic E-state index is 9.09. The van der Waals surface area contributed by atoms with Gasteiger partial charge in [0.1, 0.15) is 16.8 Å². The summed E-state index contributed by atoms with van der Waals surface area (Å²) in [5, 5.41) is 12.0. The first-order chi connectivity index (χ1) is 8.17. The van der Waals surface area contributed by atoms with Crippen LogP contribution >= 0.6 is 22.9 Å². The molecule has 0 unspecified atom stereocenters. The Morgan fingerprint density at radius 3 is 2.82 bits per heavy atom. The van der Waals surface area contributed by atoms with Gasteiger partial charge in [-0.1, -0.05) is 11.6 Å². The van der Waals surface area contributed by atoms with E-state index < -0.39 is 0 Å². The molecule has 0 aliphatic carbocycles. The van der Waals surface area contributed by atoms with Crippen molar-refractivity contribution < 1.29 is 4.74 Å². The second-order valence-corrected chi connectivity index (χ2v) is 4.69. The molecule has 1 aromatic carbocycles. The van der Waals surface area contributed by atoms with E-state index in [2.05, 4.69) is 6.07 Å². The van der Waals surface area contributed by atoms with Gasteiger partial charge in [0.2, 0.25) is 0 Å². The molecule has 3 nitrogen and oxygen atoms in total. The molecule has 2 rings (SSSR count). The number of anilines is 1. The van der Waals surface area contributed by atoms with Crippen molar-refractivity contribution in [1.29, 1.82) is 5.26 Å². The fraction of sp³-hybridized carbons (Fsp3) is 0.0833. The number of thiophene rings is 1. The summed E-state index contributed by atoms with van der Waals surface area (Å²) < 4.78 is 5.26. The summed E-state index contributed by atoms with van der Waals surface area (Å²) in [6, 6.07) is 7.38. The number of nitrogen functional groups attached to an aromatic ring is 1. The molecule has 0 atom stereocenters. The minimum atomic E-state index is 0.468. The molecule has 1 heterocycles. The quantitative estimate of drug-likeness (QED) is 0.903. The van der Waals surface area contributed by atoms with Gasteiger partial charge in [0.05, 0.1) is 12.7 Å². The normalized spacial score (nSPS) is 9.94. The predicted molar refractivity (Wildman–Crippen MR) is 70.4 cm³/mol. The highest BCUT2D eigenvalue weighted by Gasteiger charge is 2.15. The lowest BCUT2D eigenvalue weighted by molar-refractivity contribution is 0.416. The van der Waals surface area contributed by atoms with Crippen LogP contribution in [-0.2, 0) is 0 Å². The summed E-state index contributed by atoms with van der Waals surface area (Å²) in [5.74, 6) is 0.670. The Morgan fingerprint density at radius 2 is 2.18 bits per heavy atom. The highest BCUT2D eigenvalue weighted by molar-refractivity contribution is 7.14. The minimum absolute atomic E-state index is 0.468. The first kappa shape index (κ1) is 11.8. The highest BCUT2D eigenvalue weighted by Crippen LogP contribution is 2.39. The van der Waals surface area contributed by atoms with Gasteiger partial charge in [0.15, 0.2) is 0 Å². The average Bonchev–Trinajstić information content (AvgIpc) is 2.70. The fourth-order valence-corrected chi connectivity index (χ4v) is 2.51. The standard InChI is InChI=1S/C12H9ClN2OS/c1-16-11-3-2-7(13)4-8(11)10-6-17-12(15)9(10)5-14/h2-4,6H,15H2,1H3. The van der Waals surface area contributed by atoms with Crippen LogP contribution in [0.3, 0.4) is 0 Å². The summed E-state index contributed by atoms with van der Waals surface area (Å²) in [6.45, 7) is 0. The van der Waals surface area contributed by atoms with Crippen LogP contribution in [0.2, 0.25) is 5.02 Å². The fourth-order valence-electron chi connectivity index (χ4n) is 1.58. The van der Waals surface area contributed by atoms with Crippen LogP contribution in [0.25, 0.3) is 11.1 Å². The summed E-state index contributed by atoms with van der Waals surface area (Å²) in [4.78, 5) is 0. The minimum Gasteiger partial charge on any atom is -0.496 e. The lowest BCUT2D eigenvalue weighted by atomic mass is 10.0. The van der Waals surface area contributed by atoms with Crippen molar-refractivity contribution in [3.8, 4) is 22.9 Å². The van der Waals surface area contributed by atoms with Crippen LogP contribution in [0.5, 0.6) is 5.75 Å². The molecule has 5 heteroatoms. The molecule has 17 heavy (non-hydrogen) atoms. The van der Waals surface area contributed by atoms with E-state index in [1.165, 1.54) is 11.3 Å². The number of ether oxygens (including phenoxy) is 1. The second kappa shape index (κ2) is 4.66. The van der Waals surface area contributed by atoms with E-state index in [0.717, 1.165) is 11.1 Å². The number of methoxy groups -OCH3 is 1. The molecule has 1 aromatic heterocycles. The van der Waals surface area contributed by atoms with E-state index >= 15 is 0 Å². The number of nitriles is 1. The Labute approximate surface area is 108 Å². The van der Waals surface area contributed by atoms with E-state index in [-0.39, 0.29) is 0 Å². The van der Waals surface area contributed by atoms with E-state index in [1.807, 2.05) is 5.38 Å². The molecule has 0 aliphatic heterocycles. The maximum Gasteiger partial charge on any atom is 0.126 e. The van der Waals surface area contributed by atoms with Crippen LogP contribution in [0, 0.1) is 11.3 Å². The zero-order valence-electron chi connectivity index (χ0n) is 9.03. The van der Waals surface area contributed by atoms with Crippen LogP contribution in [0.1, 0.15) is 5.56 Å². The van der Waals surface area contributed by atoms with Crippen LogP contribution in [0.15, 0.2) is 23.6 Å². The van der Waals surface area contributed by atoms with E-state index in [9.17, 15) is 0 Å². The molecule has 0 amide bonds. The smallest absolute Gasteiger partial charge is 0.126 e. The van der Waals surface area contributed by atoms with Gasteiger partial charge in [0.25, 0.3) is 0 Å². The van der Waals surface area contributed by atoms with Crippen molar-refractivity contribution >= 4 is 27.9 Å². The van der Waals surface area contributed by atoms with E-state index in [1.54, 1.807) is 25.3 Å². The van der Waals surface area contributed by atoms with Gasteiger partial charge in [-0.15, -0.1) is 11.3 Å². The number of nitrogens with two attached hydrogens (primary N) is 1. The van der Waals surface area contributed by atoms with Crippen LogP contribution in [0.4, 0.5) is 5.00 Å². The van der Waals surface area contributed by atoms with Crippen molar-refractivity contribution in [2.75, 3.05) is 12.8 Å². The molecule has 0 spiro atoms. The van der Waals surface area contributed by atoms with Crippen LogP contribution in [-0.4, -0.2) is 7.11 Å². The molecule has 0 bridgehead atoms. The van der Waals surface area contributed by atoms with Gasteiger partial charge >= 0.3 is 0 Å². The molecule has 0 aliphatic rings. The van der Waals surface area contributed by atoms with Crippen molar-refractivity contribution in [3.63, 3.8) is 0 Å². The first-order valence-electron chi connectivity index (χ1n) is 4.78. The number of rotatable bonds is 2. The zero-order chi connectivity index (χ0) is 12.4. The topological polar surface area (TPSA) is 59.0 Å². The van der Waals surface area contributed by atoms with E-state index in [0.29, 0.717) is 21.3 Å². The average molecular weight is 265 g/mol. The molecule has 0 radical (unpaired) electrons. The van der Waals surface area contributed by atoms with Gasteiger partial charge in [-0.3, -0.25) is 0 Å². The Hall–Kier alpha value is -1.70. The van der Waals surface area contributed by atoms with Gasteiger partial charge < -0.3 is 10.5 Å². The third-order valence-corrected chi connectivity index (χ3v) is 3.43. The zero-order valence-corrected chi connectivity index (χ0v) is 10.6. The number of hydrogen-bond donors (Lipinski definition) is 1. The predicted octanol–water partition coefficient (Wildman–Crippen LogP) is 3.53. The Kier molecular flexibility index (Phi) is 3.23. The number of hydrogen-bond acceptors (Lipinski definition) is 4. The Balaban J connectivity index is 2.68. The number of nitrogens with zero attached hydrogens (tertiary/aromatic N) is 1. The van der Waals surface area contributed by atoms with Crippen molar-refractivity contribution in [2.45, 2.75) is 0 Å². The lowest BCUT2D eigenvalue weighted by Crippen LogP contribution is -1.90. The van der Waals surface area contributed by atoms with Gasteiger partial charge in [0, 0.05) is 21.5 Å².